The Labute approximate surface area is 167 Å². The lowest BCUT2D eigenvalue weighted by atomic mass is 9.83. The second-order valence-electron chi connectivity index (χ2n) is 7.37. The second kappa shape index (κ2) is 8.45. The van der Waals surface area contributed by atoms with Gasteiger partial charge in [0.1, 0.15) is 11.5 Å². The van der Waals surface area contributed by atoms with Crippen LogP contribution in [0.2, 0.25) is 0 Å². The fourth-order valence-electron chi connectivity index (χ4n) is 4.01. The number of ketones is 1. The summed E-state index contributed by atoms with van der Waals surface area (Å²) >= 11 is 0. The number of benzene rings is 2. The molecule has 1 unspecified atom stereocenters. The summed E-state index contributed by atoms with van der Waals surface area (Å²) in [4.78, 5) is 12.2. The first-order valence-corrected chi connectivity index (χ1v) is 11.1. The molecule has 2 aromatic carbocycles. The predicted octanol–water partition coefficient (Wildman–Crippen LogP) is 3.88. The van der Waals surface area contributed by atoms with E-state index in [0.717, 1.165) is 11.1 Å². The normalized spacial score (nSPS) is 22.0. The largest absolute Gasteiger partial charge is 0.497 e. The molecule has 0 bridgehead atoms. The van der Waals surface area contributed by atoms with Crippen molar-refractivity contribution in [3.63, 3.8) is 0 Å². The van der Waals surface area contributed by atoms with Gasteiger partial charge in [0.25, 0.3) is 0 Å². The van der Waals surface area contributed by atoms with Crippen LogP contribution in [0.3, 0.4) is 0 Å². The number of carbonyl (C=O) groups excluding carboxylic acids is 1. The van der Waals surface area contributed by atoms with E-state index in [4.69, 9.17) is 4.74 Å². The topological polar surface area (TPSA) is 72.5 Å². The highest BCUT2D eigenvalue weighted by molar-refractivity contribution is 7.89. The van der Waals surface area contributed by atoms with Crippen LogP contribution in [0.4, 0.5) is 0 Å². The van der Waals surface area contributed by atoms with Gasteiger partial charge in [-0.3, -0.25) is 4.79 Å². The van der Waals surface area contributed by atoms with Gasteiger partial charge >= 0.3 is 0 Å². The summed E-state index contributed by atoms with van der Waals surface area (Å²) in [6.07, 6.45) is 1.80. The van der Waals surface area contributed by atoms with Crippen LogP contribution in [0, 0.1) is 5.92 Å². The quantitative estimate of drug-likeness (QED) is 0.797. The summed E-state index contributed by atoms with van der Waals surface area (Å²) in [5.74, 6) is 0.368. The Morgan fingerprint density at radius 1 is 1.21 bits per heavy atom. The third-order valence-corrected chi connectivity index (χ3v) is 7.14. The number of carbonyl (C=O) groups is 1. The van der Waals surface area contributed by atoms with Gasteiger partial charge in [0.15, 0.2) is 0 Å². The van der Waals surface area contributed by atoms with Gasteiger partial charge in [-0.1, -0.05) is 43.3 Å². The molecule has 1 heterocycles. The van der Waals surface area contributed by atoms with E-state index in [1.54, 1.807) is 19.1 Å². The van der Waals surface area contributed by atoms with Gasteiger partial charge in [-0.05, 0) is 43.4 Å². The number of Topliss-reactive ketones (excluding diaryl/α,β-unsaturated/α-hetero) is 1. The van der Waals surface area contributed by atoms with E-state index >= 15 is 0 Å². The van der Waals surface area contributed by atoms with E-state index in [1.165, 1.54) is 7.11 Å². The molecule has 6 heteroatoms. The zero-order valence-corrected chi connectivity index (χ0v) is 17.3. The molecule has 1 aliphatic heterocycles. The van der Waals surface area contributed by atoms with Crippen LogP contribution in [-0.4, -0.2) is 27.4 Å². The Hall–Kier alpha value is -2.18. The van der Waals surface area contributed by atoms with Crippen molar-refractivity contribution in [1.29, 1.82) is 0 Å². The first kappa shape index (κ1) is 20.6. The van der Waals surface area contributed by atoms with E-state index < -0.39 is 10.0 Å². The highest BCUT2D eigenvalue weighted by Gasteiger charge is 2.35. The van der Waals surface area contributed by atoms with Crippen molar-refractivity contribution in [1.82, 2.24) is 4.72 Å². The number of ether oxygens (including phenoxy) is 1. The molecule has 0 fully saturated rings. The average Bonchev–Trinajstić information content (AvgIpc) is 2.80. The number of sulfonamides is 1. The third kappa shape index (κ3) is 4.28. The van der Waals surface area contributed by atoms with Crippen molar-refractivity contribution < 1.29 is 17.9 Å². The lowest BCUT2D eigenvalue weighted by Gasteiger charge is -2.24. The monoisotopic (exact) mass is 401 g/mol. The minimum absolute atomic E-state index is 0.0821. The van der Waals surface area contributed by atoms with Gasteiger partial charge in [-0.15, -0.1) is 0 Å². The van der Waals surface area contributed by atoms with E-state index in [2.05, 4.69) is 4.72 Å². The van der Waals surface area contributed by atoms with Crippen LogP contribution >= 0.6 is 0 Å². The maximum absolute atomic E-state index is 13.1. The molecule has 1 aliphatic rings. The summed E-state index contributed by atoms with van der Waals surface area (Å²) in [5, 5.41) is 0. The maximum atomic E-state index is 13.1. The van der Waals surface area contributed by atoms with E-state index in [9.17, 15) is 13.2 Å². The highest BCUT2D eigenvalue weighted by Crippen LogP contribution is 2.39. The van der Waals surface area contributed by atoms with E-state index in [0.29, 0.717) is 25.0 Å². The molecule has 5 nitrogen and oxygen atoms in total. The SMILES string of the molecule is CCC(C[C@@H]1C[C@@H](c2ccccc2)c2ccc(OC)cc2S(=O)(=O)N1)C(C)=O. The molecule has 0 amide bonds. The molecule has 0 saturated carbocycles. The summed E-state index contributed by atoms with van der Waals surface area (Å²) in [6, 6.07) is 14.8. The first-order valence-electron chi connectivity index (χ1n) is 9.61. The van der Waals surface area contributed by atoms with Crippen LogP contribution in [0.15, 0.2) is 53.4 Å². The summed E-state index contributed by atoms with van der Waals surface area (Å²) in [6.45, 7) is 3.54. The first-order chi connectivity index (χ1) is 13.4. The minimum atomic E-state index is -3.72. The number of hydrogen-bond acceptors (Lipinski definition) is 4. The van der Waals surface area contributed by atoms with Crippen LogP contribution < -0.4 is 9.46 Å². The van der Waals surface area contributed by atoms with Crippen molar-refractivity contribution in [2.75, 3.05) is 7.11 Å². The maximum Gasteiger partial charge on any atom is 0.241 e. The molecule has 1 N–H and O–H groups in total. The third-order valence-electron chi connectivity index (χ3n) is 5.57. The Morgan fingerprint density at radius 3 is 2.54 bits per heavy atom. The van der Waals surface area contributed by atoms with E-state index in [1.807, 2.05) is 43.3 Å². The second-order valence-corrected chi connectivity index (χ2v) is 9.05. The van der Waals surface area contributed by atoms with Gasteiger partial charge in [0, 0.05) is 23.9 Å². The van der Waals surface area contributed by atoms with Crippen molar-refractivity contribution in [2.45, 2.75) is 50.0 Å². The number of methoxy groups -OCH3 is 1. The summed E-state index contributed by atoms with van der Waals surface area (Å²) in [7, 11) is -2.20. The van der Waals surface area contributed by atoms with Gasteiger partial charge in [-0.2, -0.15) is 0 Å². The Bertz CT molecular complexity index is 940. The molecule has 0 spiro atoms. The highest BCUT2D eigenvalue weighted by atomic mass is 32.2. The molecule has 0 saturated heterocycles. The van der Waals surface area contributed by atoms with Crippen molar-refractivity contribution in [2.24, 2.45) is 5.92 Å². The van der Waals surface area contributed by atoms with Crippen LogP contribution in [0.25, 0.3) is 0 Å². The molecular weight excluding hydrogens is 374 g/mol. The Balaban J connectivity index is 2.09. The molecule has 150 valence electrons. The molecule has 28 heavy (non-hydrogen) atoms. The summed E-state index contributed by atoms with van der Waals surface area (Å²) in [5.41, 5.74) is 1.83. The predicted molar refractivity (Wildman–Crippen MR) is 109 cm³/mol. The number of rotatable bonds is 6. The lowest BCUT2D eigenvalue weighted by Crippen LogP contribution is -2.36. The standard InChI is InChI=1S/C22H27NO4S/c1-4-16(15(2)24)12-18-13-21(17-8-6-5-7-9-17)20-11-10-19(27-3)14-22(20)28(25,26)23-18/h5-11,14,16,18,21,23H,4,12-13H2,1-3H3/t16?,18-,21+/m1/s1. The molecular formula is C22H27NO4S. The molecule has 3 rings (SSSR count). The zero-order valence-electron chi connectivity index (χ0n) is 16.5. The van der Waals surface area contributed by atoms with Crippen LogP contribution in [0.5, 0.6) is 5.75 Å². The smallest absolute Gasteiger partial charge is 0.241 e. The average molecular weight is 402 g/mol. The minimum Gasteiger partial charge on any atom is -0.497 e. The van der Waals surface area contributed by atoms with Crippen molar-refractivity contribution in [3.8, 4) is 5.75 Å². The molecule has 0 aliphatic carbocycles. The van der Waals surface area contributed by atoms with Gasteiger partial charge in [0.2, 0.25) is 10.0 Å². The number of fused-ring (bicyclic) bond motifs is 1. The van der Waals surface area contributed by atoms with Crippen LogP contribution in [-0.2, 0) is 14.8 Å². The molecule has 0 radical (unpaired) electrons. The molecule has 2 aromatic rings. The molecule has 0 aromatic heterocycles. The zero-order chi connectivity index (χ0) is 20.3. The Kier molecular flexibility index (Phi) is 6.20. The van der Waals surface area contributed by atoms with Gasteiger partial charge < -0.3 is 4.74 Å². The van der Waals surface area contributed by atoms with E-state index in [-0.39, 0.29) is 28.6 Å². The van der Waals surface area contributed by atoms with Crippen LogP contribution in [0.1, 0.15) is 50.2 Å². The Morgan fingerprint density at radius 2 is 1.93 bits per heavy atom. The lowest BCUT2D eigenvalue weighted by molar-refractivity contribution is -0.121. The van der Waals surface area contributed by atoms with Crippen molar-refractivity contribution in [3.05, 3.63) is 59.7 Å². The number of nitrogens with one attached hydrogen (secondary N) is 1. The fraction of sp³-hybridized carbons (Fsp3) is 0.409. The van der Waals surface area contributed by atoms with Gasteiger partial charge in [-0.25, -0.2) is 13.1 Å². The number of hydrogen-bond donors (Lipinski definition) is 1. The summed E-state index contributed by atoms with van der Waals surface area (Å²) < 4.78 is 34.4. The van der Waals surface area contributed by atoms with Gasteiger partial charge in [0.05, 0.1) is 12.0 Å². The molecule has 3 atom stereocenters. The van der Waals surface area contributed by atoms with Crippen molar-refractivity contribution >= 4 is 15.8 Å². The fourth-order valence-corrected chi connectivity index (χ4v) is 5.56.